The highest BCUT2D eigenvalue weighted by molar-refractivity contribution is 5.77. The van der Waals surface area contributed by atoms with Crippen LogP contribution >= 0.6 is 0 Å². The molecule has 1 aromatic carbocycles. The number of hydrogen-bond donors (Lipinski definition) is 0. The second kappa shape index (κ2) is 14.1. The summed E-state index contributed by atoms with van der Waals surface area (Å²) in [6.45, 7) is 7.41. The number of rotatable bonds is 17. The van der Waals surface area contributed by atoms with Crippen LogP contribution in [0.2, 0.25) is 0 Å². The second-order valence-electron chi connectivity index (χ2n) is 8.44. The smallest absolute Gasteiger partial charge is 0.271 e. The minimum absolute atomic E-state index is 0.127. The van der Waals surface area contributed by atoms with Gasteiger partial charge >= 0.3 is 0 Å². The lowest BCUT2D eigenvalue weighted by atomic mass is 10.1. The summed E-state index contributed by atoms with van der Waals surface area (Å²) in [5.74, 6) is 0. The van der Waals surface area contributed by atoms with Crippen LogP contribution in [0.15, 0.2) is 24.5 Å². The number of benzene rings is 1. The first-order chi connectivity index (χ1) is 14.7. The average molecular weight is 417 g/mol. The summed E-state index contributed by atoms with van der Waals surface area (Å²) in [6.07, 6.45) is 17.4. The number of aromatic nitrogens is 2. The van der Waals surface area contributed by atoms with E-state index >= 15 is 0 Å². The Kier molecular flexibility index (Phi) is 11.5. The molecule has 0 aliphatic carbocycles. The fourth-order valence-electron chi connectivity index (χ4n) is 3.97. The lowest BCUT2D eigenvalue weighted by molar-refractivity contribution is -0.384. The zero-order valence-electron chi connectivity index (χ0n) is 19.0. The van der Waals surface area contributed by atoms with Gasteiger partial charge in [0.25, 0.3) is 5.69 Å². The van der Waals surface area contributed by atoms with Gasteiger partial charge in [0.15, 0.2) is 0 Å². The molecular weight excluding hydrogens is 376 g/mol. The van der Waals surface area contributed by atoms with Crippen molar-refractivity contribution in [1.82, 2.24) is 14.5 Å². The zero-order chi connectivity index (χ0) is 21.6. The van der Waals surface area contributed by atoms with Crippen LogP contribution in [0, 0.1) is 10.1 Å². The minimum atomic E-state index is -0.332. The Hall–Kier alpha value is -1.95. The van der Waals surface area contributed by atoms with Crippen molar-refractivity contribution >= 4 is 16.7 Å². The number of non-ortho nitro benzene ring substituents is 1. The SMILES string of the molecule is CCCCCCCCN(CCCCCCCC)Cn1cnc2ccc([N+](=O)[O-])cc21. The Labute approximate surface area is 181 Å². The highest BCUT2D eigenvalue weighted by atomic mass is 16.6. The number of nitrogens with zero attached hydrogens (tertiary/aromatic N) is 4. The molecule has 1 aromatic heterocycles. The Morgan fingerprint density at radius 1 is 0.900 bits per heavy atom. The number of unbranched alkanes of at least 4 members (excludes halogenated alkanes) is 10. The van der Waals surface area contributed by atoms with Crippen LogP contribution in [0.25, 0.3) is 11.0 Å². The van der Waals surface area contributed by atoms with Gasteiger partial charge in [0.05, 0.1) is 29.0 Å². The highest BCUT2D eigenvalue weighted by Gasteiger charge is 2.12. The summed E-state index contributed by atoms with van der Waals surface area (Å²) in [4.78, 5) is 17.8. The van der Waals surface area contributed by atoms with Gasteiger partial charge in [-0.05, 0) is 32.0 Å². The van der Waals surface area contributed by atoms with Gasteiger partial charge in [0.2, 0.25) is 0 Å². The predicted molar refractivity (Wildman–Crippen MR) is 125 cm³/mol. The molecule has 6 heteroatoms. The molecule has 168 valence electrons. The van der Waals surface area contributed by atoms with Gasteiger partial charge < -0.3 is 4.57 Å². The van der Waals surface area contributed by atoms with Crippen molar-refractivity contribution in [3.05, 3.63) is 34.6 Å². The Morgan fingerprint density at radius 2 is 1.47 bits per heavy atom. The molecular formula is C24H40N4O2. The molecule has 0 aliphatic rings. The van der Waals surface area contributed by atoms with Gasteiger partial charge in [0.1, 0.15) is 0 Å². The van der Waals surface area contributed by atoms with Crippen molar-refractivity contribution in [2.45, 2.75) is 97.6 Å². The van der Waals surface area contributed by atoms with Gasteiger partial charge in [-0.25, -0.2) is 4.98 Å². The second-order valence-corrected chi connectivity index (χ2v) is 8.44. The quantitative estimate of drug-likeness (QED) is 0.159. The van der Waals surface area contributed by atoms with Gasteiger partial charge in [-0.1, -0.05) is 78.1 Å². The molecule has 0 unspecified atom stereocenters. The van der Waals surface area contributed by atoms with Crippen LogP contribution < -0.4 is 0 Å². The fraction of sp³-hybridized carbons (Fsp3) is 0.708. The first kappa shape index (κ1) is 24.3. The van der Waals surface area contributed by atoms with E-state index in [2.05, 4.69) is 28.3 Å². The normalized spacial score (nSPS) is 11.6. The molecule has 0 amide bonds. The van der Waals surface area contributed by atoms with Crippen LogP contribution in [0.1, 0.15) is 90.9 Å². The Bertz CT molecular complexity index is 728. The third-order valence-corrected chi connectivity index (χ3v) is 5.82. The zero-order valence-corrected chi connectivity index (χ0v) is 19.0. The summed E-state index contributed by atoms with van der Waals surface area (Å²) in [5.41, 5.74) is 1.79. The first-order valence-electron chi connectivity index (χ1n) is 12.0. The van der Waals surface area contributed by atoms with Crippen molar-refractivity contribution in [2.75, 3.05) is 13.1 Å². The fourth-order valence-corrected chi connectivity index (χ4v) is 3.97. The van der Waals surface area contributed by atoms with Gasteiger partial charge in [-0.3, -0.25) is 15.0 Å². The number of nitro groups is 1. The summed E-state index contributed by atoms with van der Waals surface area (Å²) in [6, 6.07) is 4.93. The highest BCUT2D eigenvalue weighted by Crippen LogP contribution is 2.20. The van der Waals surface area contributed by atoms with E-state index in [0.717, 1.165) is 30.8 Å². The Balaban J connectivity index is 1.94. The van der Waals surface area contributed by atoms with Crippen molar-refractivity contribution in [2.24, 2.45) is 0 Å². The lowest BCUT2D eigenvalue weighted by Gasteiger charge is -2.23. The molecule has 0 bridgehead atoms. The van der Waals surface area contributed by atoms with E-state index in [1.54, 1.807) is 12.1 Å². The van der Waals surface area contributed by atoms with Gasteiger partial charge in [-0.2, -0.15) is 0 Å². The number of imidazole rings is 1. The minimum Gasteiger partial charge on any atom is -0.317 e. The monoisotopic (exact) mass is 416 g/mol. The molecule has 2 rings (SSSR count). The van der Waals surface area contributed by atoms with Crippen LogP contribution in [0.4, 0.5) is 5.69 Å². The number of hydrogen-bond acceptors (Lipinski definition) is 4. The van der Waals surface area contributed by atoms with E-state index in [9.17, 15) is 10.1 Å². The molecule has 0 N–H and O–H groups in total. The van der Waals surface area contributed by atoms with Gasteiger partial charge in [0, 0.05) is 12.1 Å². The molecule has 30 heavy (non-hydrogen) atoms. The third kappa shape index (κ3) is 8.42. The molecule has 0 aliphatic heterocycles. The standard InChI is InChI=1S/C24H40N4O2/c1-3-5-7-9-11-13-17-26(18-14-12-10-8-6-4-2)21-27-20-25-23-16-15-22(28(29)30)19-24(23)27/h15-16,19-20H,3-14,17-18,21H2,1-2H3. The van der Waals surface area contributed by atoms with Crippen molar-refractivity contribution in [3.63, 3.8) is 0 Å². The van der Waals surface area contributed by atoms with E-state index in [-0.39, 0.29) is 10.6 Å². The third-order valence-electron chi connectivity index (χ3n) is 5.82. The molecule has 2 aromatic rings. The molecule has 1 heterocycles. The van der Waals surface area contributed by atoms with Crippen molar-refractivity contribution in [1.29, 1.82) is 0 Å². The molecule has 0 atom stereocenters. The topological polar surface area (TPSA) is 64.2 Å². The summed E-state index contributed by atoms with van der Waals surface area (Å²) in [5, 5.41) is 11.2. The summed E-state index contributed by atoms with van der Waals surface area (Å²) >= 11 is 0. The number of nitro benzene ring substituents is 1. The Morgan fingerprint density at radius 3 is 2.03 bits per heavy atom. The van der Waals surface area contributed by atoms with E-state index in [4.69, 9.17) is 0 Å². The predicted octanol–water partition coefficient (Wildman–Crippen LogP) is 6.93. The van der Waals surface area contributed by atoms with Crippen LogP contribution in [0.5, 0.6) is 0 Å². The summed E-state index contributed by atoms with van der Waals surface area (Å²) in [7, 11) is 0. The van der Waals surface area contributed by atoms with Crippen LogP contribution in [0.3, 0.4) is 0 Å². The van der Waals surface area contributed by atoms with Crippen LogP contribution in [-0.2, 0) is 6.67 Å². The maximum absolute atomic E-state index is 11.2. The number of fused-ring (bicyclic) bond motifs is 1. The van der Waals surface area contributed by atoms with Crippen molar-refractivity contribution in [3.8, 4) is 0 Å². The van der Waals surface area contributed by atoms with Gasteiger partial charge in [-0.15, -0.1) is 0 Å². The molecule has 0 fully saturated rings. The first-order valence-corrected chi connectivity index (χ1v) is 12.0. The average Bonchev–Trinajstić information content (AvgIpc) is 3.14. The maximum atomic E-state index is 11.2. The van der Waals surface area contributed by atoms with E-state index in [1.165, 1.54) is 83.1 Å². The van der Waals surface area contributed by atoms with Crippen molar-refractivity contribution < 1.29 is 4.92 Å². The van der Waals surface area contributed by atoms with E-state index in [0.29, 0.717) is 0 Å². The largest absolute Gasteiger partial charge is 0.317 e. The summed E-state index contributed by atoms with van der Waals surface area (Å²) < 4.78 is 2.07. The van der Waals surface area contributed by atoms with E-state index in [1.807, 2.05) is 6.33 Å². The molecule has 0 radical (unpaired) electrons. The maximum Gasteiger partial charge on any atom is 0.271 e. The lowest BCUT2D eigenvalue weighted by Crippen LogP contribution is -2.28. The molecule has 6 nitrogen and oxygen atoms in total. The molecule has 0 saturated heterocycles. The molecule has 0 spiro atoms. The molecule has 0 saturated carbocycles. The van der Waals surface area contributed by atoms with Crippen LogP contribution in [-0.4, -0.2) is 32.5 Å². The van der Waals surface area contributed by atoms with E-state index < -0.39 is 0 Å².